The number of aromatic nitrogens is 3. The topological polar surface area (TPSA) is 53.6 Å². The second-order valence-corrected chi connectivity index (χ2v) is 4.18. The maximum absolute atomic E-state index is 12.7. The Morgan fingerprint density at radius 1 is 1.22 bits per heavy atom. The molecule has 0 unspecified atom stereocenters. The van der Waals surface area contributed by atoms with E-state index in [9.17, 15) is 4.39 Å². The van der Waals surface area contributed by atoms with Crippen LogP contribution in [0.5, 0.6) is 0 Å². The van der Waals surface area contributed by atoms with E-state index < -0.39 is 0 Å². The molecule has 18 heavy (non-hydrogen) atoms. The second kappa shape index (κ2) is 4.27. The van der Waals surface area contributed by atoms with E-state index in [0.717, 1.165) is 17.1 Å². The zero-order valence-corrected chi connectivity index (χ0v) is 9.87. The summed E-state index contributed by atoms with van der Waals surface area (Å²) in [4.78, 5) is 3.91. The second-order valence-electron chi connectivity index (χ2n) is 3.78. The van der Waals surface area contributed by atoms with Gasteiger partial charge in [-0.1, -0.05) is 11.6 Å². The van der Waals surface area contributed by atoms with Crippen molar-refractivity contribution >= 4 is 34.0 Å². The van der Waals surface area contributed by atoms with Gasteiger partial charge < -0.3 is 5.32 Å². The Kier molecular flexibility index (Phi) is 2.60. The summed E-state index contributed by atoms with van der Waals surface area (Å²) >= 11 is 6.13. The first-order valence-electron chi connectivity index (χ1n) is 5.23. The Labute approximate surface area is 107 Å². The summed E-state index contributed by atoms with van der Waals surface area (Å²) in [5.74, 6) is 0.151. The van der Waals surface area contributed by atoms with Crippen LogP contribution in [-0.4, -0.2) is 15.2 Å². The van der Waals surface area contributed by atoms with Gasteiger partial charge in [0.15, 0.2) is 0 Å². The molecule has 0 spiro atoms. The maximum atomic E-state index is 12.7. The Bertz CT molecular complexity index is 693. The molecule has 0 amide bonds. The molecular weight excluding hydrogens is 255 g/mol. The number of benzene rings is 1. The minimum absolute atomic E-state index is 0.378. The summed E-state index contributed by atoms with van der Waals surface area (Å²) in [6, 6.07) is 6.51. The van der Waals surface area contributed by atoms with Gasteiger partial charge in [-0.2, -0.15) is 5.10 Å². The van der Waals surface area contributed by atoms with Crippen molar-refractivity contribution < 1.29 is 4.39 Å². The molecule has 2 N–H and O–H groups in total. The fourth-order valence-electron chi connectivity index (χ4n) is 1.65. The van der Waals surface area contributed by atoms with Crippen LogP contribution in [0.1, 0.15) is 0 Å². The lowest BCUT2D eigenvalue weighted by Crippen LogP contribution is -1.94. The van der Waals surface area contributed by atoms with Crippen LogP contribution in [-0.2, 0) is 0 Å². The summed E-state index contributed by atoms with van der Waals surface area (Å²) in [7, 11) is 0. The van der Waals surface area contributed by atoms with Gasteiger partial charge in [0.2, 0.25) is 0 Å². The Balaban J connectivity index is 1.98. The van der Waals surface area contributed by atoms with Crippen LogP contribution in [0.4, 0.5) is 15.9 Å². The highest BCUT2D eigenvalue weighted by Gasteiger charge is 2.05. The summed E-state index contributed by atoms with van der Waals surface area (Å²) in [6.07, 6.45) is 2.85. The number of hydrogen-bond donors (Lipinski definition) is 2. The molecule has 0 saturated heterocycles. The molecule has 3 rings (SSSR count). The Morgan fingerprint density at radius 3 is 2.89 bits per heavy atom. The van der Waals surface area contributed by atoms with E-state index in [1.54, 1.807) is 18.3 Å². The van der Waals surface area contributed by atoms with E-state index in [4.69, 9.17) is 11.6 Å². The highest BCUT2D eigenvalue weighted by molar-refractivity contribution is 6.34. The number of hydrogen-bond acceptors (Lipinski definition) is 3. The van der Waals surface area contributed by atoms with Gasteiger partial charge in [0.1, 0.15) is 11.6 Å². The van der Waals surface area contributed by atoms with Crippen LogP contribution in [0.25, 0.3) is 10.9 Å². The molecule has 1 aromatic carbocycles. The minimum atomic E-state index is -0.378. The third-order valence-electron chi connectivity index (χ3n) is 2.52. The zero-order chi connectivity index (χ0) is 12.5. The van der Waals surface area contributed by atoms with Gasteiger partial charge in [-0.05, 0) is 24.3 Å². The molecule has 6 heteroatoms. The standard InChI is InChI=1S/C12H8ClFN4/c13-9-4-10-7(5-16-18-10)3-11(9)17-12-2-1-8(14)6-15-12/h1-6H,(H,15,17)(H,16,18). The molecule has 4 nitrogen and oxygen atoms in total. The van der Waals surface area contributed by atoms with Crippen molar-refractivity contribution in [3.05, 3.63) is 47.5 Å². The first kappa shape index (κ1) is 11.0. The van der Waals surface area contributed by atoms with Crippen LogP contribution in [0, 0.1) is 5.82 Å². The largest absolute Gasteiger partial charge is 0.339 e. The van der Waals surface area contributed by atoms with Crippen molar-refractivity contribution in [1.82, 2.24) is 15.2 Å². The molecule has 2 aromatic heterocycles. The first-order chi connectivity index (χ1) is 8.72. The van der Waals surface area contributed by atoms with Gasteiger partial charge in [0.25, 0.3) is 0 Å². The zero-order valence-electron chi connectivity index (χ0n) is 9.11. The number of anilines is 2. The number of nitrogens with one attached hydrogen (secondary N) is 2. The van der Waals surface area contributed by atoms with Crippen molar-refractivity contribution in [2.75, 3.05) is 5.32 Å². The van der Waals surface area contributed by atoms with Gasteiger partial charge >= 0.3 is 0 Å². The molecule has 0 aliphatic heterocycles. The van der Waals surface area contributed by atoms with E-state index in [1.165, 1.54) is 6.07 Å². The number of halogens is 2. The Morgan fingerprint density at radius 2 is 2.11 bits per heavy atom. The van der Waals surface area contributed by atoms with Crippen molar-refractivity contribution in [3.63, 3.8) is 0 Å². The molecular formula is C12H8ClFN4. The molecule has 0 bridgehead atoms. The third kappa shape index (κ3) is 2.00. The molecule has 0 fully saturated rings. The maximum Gasteiger partial charge on any atom is 0.141 e. The van der Waals surface area contributed by atoms with Crippen molar-refractivity contribution in [2.45, 2.75) is 0 Å². The lowest BCUT2D eigenvalue weighted by molar-refractivity contribution is 0.622. The van der Waals surface area contributed by atoms with E-state index in [2.05, 4.69) is 20.5 Å². The van der Waals surface area contributed by atoms with Crippen molar-refractivity contribution in [3.8, 4) is 0 Å². The van der Waals surface area contributed by atoms with E-state index >= 15 is 0 Å². The predicted molar refractivity (Wildman–Crippen MR) is 68.6 cm³/mol. The highest BCUT2D eigenvalue weighted by atomic mass is 35.5. The summed E-state index contributed by atoms with van der Waals surface area (Å²) in [5, 5.41) is 11.3. The highest BCUT2D eigenvalue weighted by Crippen LogP contribution is 2.28. The van der Waals surface area contributed by atoms with Crippen LogP contribution in [0.3, 0.4) is 0 Å². The molecule has 2 heterocycles. The molecule has 0 saturated carbocycles. The number of fused-ring (bicyclic) bond motifs is 1. The Hall–Kier alpha value is -2.14. The van der Waals surface area contributed by atoms with Crippen molar-refractivity contribution in [2.24, 2.45) is 0 Å². The summed E-state index contributed by atoms with van der Waals surface area (Å²) < 4.78 is 12.7. The van der Waals surface area contributed by atoms with Crippen molar-refractivity contribution in [1.29, 1.82) is 0 Å². The quantitative estimate of drug-likeness (QED) is 0.743. The molecule has 3 aromatic rings. The van der Waals surface area contributed by atoms with Gasteiger partial charge in [-0.25, -0.2) is 9.37 Å². The normalized spacial score (nSPS) is 10.8. The van der Waals surface area contributed by atoms with Crippen LogP contribution in [0.2, 0.25) is 5.02 Å². The fraction of sp³-hybridized carbons (Fsp3) is 0. The molecule has 0 aliphatic rings. The van der Waals surface area contributed by atoms with Gasteiger partial charge in [0.05, 0.1) is 28.6 Å². The van der Waals surface area contributed by atoms with E-state index in [1.807, 2.05) is 6.07 Å². The van der Waals surface area contributed by atoms with Gasteiger partial charge in [-0.15, -0.1) is 0 Å². The van der Waals surface area contributed by atoms with E-state index in [-0.39, 0.29) is 5.82 Å². The third-order valence-corrected chi connectivity index (χ3v) is 2.83. The van der Waals surface area contributed by atoms with Crippen LogP contribution < -0.4 is 5.32 Å². The number of nitrogens with zero attached hydrogens (tertiary/aromatic N) is 2. The minimum Gasteiger partial charge on any atom is -0.339 e. The number of aromatic amines is 1. The van der Waals surface area contributed by atoms with E-state index in [0.29, 0.717) is 16.5 Å². The average Bonchev–Trinajstić information content (AvgIpc) is 2.79. The number of rotatable bonds is 2. The lowest BCUT2D eigenvalue weighted by atomic mass is 10.2. The summed E-state index contributed by atoms with van der Waals surface area (Å²) in [6.45, 7) is 0. The molecule has 90 valence electrons. The molecule has 0 atom stereocenters. The number of pyridine rings is 1. The molecule has 0 aliphatic carbocycles. The van der Waals surface area contributed by atoms with Crippen LogP contribution >= 0.6 is 11.6 Å². The van der Waals surface area contributed by atoms with Crippen LogP contribution in [0.15, 0.2) is 36.7 Å². The molecule has 0 radical (unpaired) electrons. The predicted octanol–water partition coefficient (Wildman–Crippen LogP) is 3.49. The first-order valence-corrected chi connectivity index (χ1v) is 5.61. The lowest BCUT2D eigenvalue weighted by Gasteiger charge is -2.07. The average molecular weight is 263 g/mol. The number of H-pyrrole nitrogens is 1. The fourth-order valence-corrected chi connectivity index (χ4v) is 1.86. The summed E-state index contributed by atoms with van der Waals surface area (Å²) in [5.41, 5.74) is 1.56. The SMILES string of the molecule is Fc1ccc(Nc2cc3cn[nH]c3cc2Cl)nc1. The monoisotopic (exact) mass is 262 g/mol. The smallest absolute Gasteiger partial charge is 0.141 e. The van der Waals surface area contributed by atoms with Gasteiger partial charge in [0, 0.05) is 5.39 Å². The van der Waals surface area contributed by atoms with Gasteiger partial charge in [-0.3, -0.25) is 5.10 Å².